The molecule has 0 amide bonds. The van der Waals surface area contributed by atoms with Crippen LogP contribution in [-0.2, 0) is 0 Å². The molecule has 0 aliphatic carbocycles. The summed E-state index contributed by atoms with van der Waals surface area (Å²) in [6.07, 6.45) is 0. The highest BCUT2D eigenvalue weighted by Crippen LogP contribution is 2.44. The number of rotatable bonds is 4. The number of para-hydroxylation sites is 1. The van der Waals surface area contributed by atoms with Crippen molar-refractivity contribution in [1.29, 1.82) is 0 Å². The monoisotopic (exact) mass is 471 g/mol. The van der Waals surface area contributed by atoms with Gasteiger partial charge in [-0.15, -0.1) is 0 Å². The van der Waals surface area contributed by atoms with Crippen LogP contribution in [0, 0.1) is 0 Å². The van der Waals surface area contributed by atoms with Crippen molar-refractivity contribution in [3.63, 3.8) is 0 Å². The summed E-state index contributed by atoms with van der Waals surface area (Å²) in [5.41, 5.74) is 5.90. The molecule has 0 heterocycles. The van der Waals surface area contributed by atoms with Gasteiger partial charge in [-0.3, -0.25) is 0 Å². The number of nitrogens with zero attached hydrogens (tertiary/aromatic N) is 1. The van der Waals surface area contributed by atoms with E-state index in [1.54, 1.807) is 0 Å². The average Bonchev–Trinajstić information content (AvgIpc) is 2.98. The molecule has 7 rings (SSSR count). The van der Waals surface area contributed by atoms with Gasteiger partial charge in [0.25, 0.3) is 0 Å². The zero-order valence-corrected chi connectivity index (χ0v) is 20.4. The van der Waals surface area contributed by atoms with Crippen molar-refractivity contribution in [2.45, 2.75) is 0 Å². The first-order valence-corrected chi connectivity index (χ1v) is 12.7. The smallest absolute Gasteiger partial charge is 0.0552 e. The van der Waals surface area contributed by atoms with E-state index in [4.69, 9.17) is 0 Å². The largest absolute Gasteiger partial charge is 0.310 e. The Morgan fingerprint density at radius 1 is 0.351 bits per heavy atom. The fraction of sp³-hybridized carbons (Fsp3) is 0. The number of hydrogen-bond donors (Lipinski definition) is 0. The van der Waals surface area contributed by atoms with Crippen molar-refractivity contribution >= 4 is 49.4 Å². The molecule has 0 unspecified atom stereocenters. The Bertz CT molecular complexity index is 1850. The van der Waals surface area contributed by atoms with Gasteiger partial charge in [0.2, 0.25) is 0 Å². The maximum absolute atomic E-state index is 2.40. The number of hydrogen-bond acceptors (Lipinski definition) is 1. The molecule has 0 fully saturated rings. The highest BCUT2D eigenvalue weighted by molar-refractivity contribution is 6.23. The van der Waals surface area contributed by atoms with E-state index in [0.717, 1.165) is 11.4 Å². The zero-order valence-electron chi connectivity index (χ0n) is 20.4. The lowest BCUT2D eigenvalue weighted by Gasteiger charge is -2.28. The van der Waals surface area contributed by atoms with Gasteiger partial charge >= 0.3 is 0 Å². The molecule has 7 aromatic carbocycles. The van der Waals surface area contributed by atoms with Gasteiger partial charge in [-0.25, -0.2) is 0 Å². The third-order valence-corrected chi connectivity index (χ3v) is 7.22. The van der Waals surface area contributed by atoms with Crippen molar-refractivity contribution < 1.29 is 0 Å². The van der Waals surface area contributed by atoms with Crippen molar-refractivity contribution in [3.8, 4) is 11.1 Å². The quantitative estimate of drug-likeness (QED) is 0.231. The lowest BCUT2D eigenvalue weighted by atomic mass is 9.94. The van der Waals surface area contributed by atoms with E-state index >= 15 is 0 Å². The predicted octanol–water partition coefficient (Wildman–Crippen LogP) is 10.3. The minimum Gasteiger partial charge on any atom is -0.310 e. The normalized spacial score (nSPS) is 11.2. The molecule has 174 valence electrons. The minimum atomic E-state index is 1.13. The van der Waals surface area contributed by atoms with Crippen LogP contribution in [0.2, 0.25) is 0 Å². The van der Waals surface area contributed by atoms with Crippen LogP contribution in [-0.4, -0.2) is 0 Å². The van der Waals surface area contributed by atoms with Crippen LogP contribution in [0.25, 0.3) is 43.4 Å². The Labute approximate surface area is 216 Å². The van der Waals surface area contributed by atoms with Gasteiger partial charge in [0.15, 0.2) is 0 Å². The maximum atomic E-state index is 2.40. The van der Waals surface area contributed by atoms with Crippen LogP contribution < -0.4 is 4.90 Å². The molecule has 0 N–H and O–H groups in total. The van der Waals surface area contributed by atoms with E-state index < -0.39 is 0 Å². The second-order valence-corrected chi connectivity index (χ2v) is 9.41. The van der Waals surface area contributed by atoms with E-state index in [9.17, 15) is 0 Å². The molecule has 0 spiro atoms. The molecule has 0 bridgehead atoms. The third kappa shape index (κ3) is 3.73. The molecule has 7 aromatic rings. The Morgan fingerprint density at radius 3 is 1.68 bits per heavy atom. The molecule has 37 heavy (non-hydrogen) atoms. The van der Waals surface area contributed by atoms with Gasteiger partial charge in [-0.2, -0.15) is 0 Å². The standard InChI is InChI=1S/C36H25N/c1-3-11-26(12-4-1)27-19-22-31(23-20-27)37(30-15-5-2-6-16-30)35-25-29-14-8-9-17-32(29)34-24-21-28-13-7-10-18-33(28)36(34)35/h1-25H. The lowest BCUT2D eigenvalue weighted by Crippen LogP contribution is -2.10. The van der Waals surface area contributed by atoms with E-state index in [0.29, 0.717) is 0 Å². The van der Waals surface area contributed by atoms with Crippen LogP contribution in [0.3, 0.4) is 0 Å². The molecule has 0 aromatic heterocycles. The molecule has 0 saturated carbocycles. The molecule has 1 heteroatoms. The second-order valence-electron chi connectivity index (χ2n) is 9.41. The summed E-state index contributed by atoms with van der Waals surface area (Å²) < 4.78 is 0. The fourth-order valence-electron chi connectivity index (χ4n) is 5.47. The predicted molar refractivity (Wildman–Crippen MR) is 159 cm³/mol. The first-order valence-electron chi connectivity index (χ1n) is 12.7. The van der Waals surface area contributed by atoms with Crippen molar-refractivity contribution in [1.82, 2.24) is 0 Å². The van der Waals surface area contributed by atoms with Crippen molar-refractivity contribution in [2.75, 3.05) is 4.90 Å². The number of anilines is 3. The average molecular weight is 472 g/mol. The molecular weight excluding hydrogens is 446 g/mol. The van der Waals surface area contributed by atoms with Gasteiger partial charge < -0.3 is 4.90 Å². The highest BCUT2D eigenvalue weighted by Gasteiger charge is 2.19. The summed E-state index contributed by atoms with van der Waals surface area (Å²) in [7, 11) is 0. The molecule has 1 nitrogen and oxygen atoms in total. The molecule has 0 atom stereocenters. The Morgan fingerprint density at radius 2 is 0.919 bits per heavy atom. The van der Waals surface area contributed by atoms with Crippen LogP contribution >= 0.6 is 0 Å². The Kier molecular flexibility index (Phi) is 5.19. The molecule has 0 aliphatic heterocycles. The zero-order chi connectivity index (χ0) is 24.6. The fourth-order valence-corrected chi connectivity index (χ4v) is 5.47. The van der Waals surface area contributed by atoms with Gasteiger partial charge in [-0.1, -0.05) is 121 Å². The van der Waals surface area contributed by atoms with E-state index in [2.05, 4.69) is 157 Å². The second kappa shape index (κ2) is 8.96. The number of benzene rings is 7. The Hall–Kier alpha value is -4.88. The van der Waals surface area contributed by atoms with Crippen molar-refractivity contribution in [3.05, 3.63) is 152 Å². The Balaban J connectivity index is 1.54. The summed E-state index contributed by atoms with van der Waals surface area (Å²) in [5, 5.41) is 7.57. The third-order valence-electron chi connectivity index (χ3n) is 7.22. The summed E-state index contributed by atoms with van der Waals surface area (Å²) >= 11 is 0. The van der Waals surface area contributed by atoms with Gasteiger partial charge in [0.1, 0.15) is 0 Å². The summed E-state index contributed by atoms with van der Waals surface area (Å²) in [5.74, 6) is 0. The molecule has 0 radical (unpaired) electrons. The topological polar surface area (TPSA) is 3.24 Å². The van der Waals surface area contributed by atoms with Crippen LogP contribution in [0.4, 0.5) is 17.1 Å². The summed E-state index contributed by atoms with van der Waals surface area (Å²) in [6.45, 7) is 0. The van der Waals surface area contributed by atoms with Gasteiger partial charge in [0.05, 0.1) is 5.69 Å². The minimum absolute atomic E-state index is 1.13. The van der Waals surface area contributed by atoms with Crippen LogP contribution in [0.1, 0.15) is 0 Å². The van der Waals surface area contributed by atoms with Crippen molar-refractivity contribution in [2.24, 2.45) is 0 Å². The van der Waals surface area contributed by atoms with Gasteiger partial charge in [-0.05, 0) is 68.4 Å². The SMILES string of the molecule is c1ccc(-c2ccc(N(c3ccccc3)c3cc4ccccc4c4ccc5ccccc5c34)cc2)cc1. The lowest BCUT2D eigenvalue weighted by molar-refractivity contribution is 1.30. The first kappa shape index (κ1) is 21.4. The van der Waals surface area contributed by atoms with E-state index in [-0.39, 0.29) is 0 Å². The molecule has 0 aliphatic rings. The van der Waals surface area contributed by atoms with Gasteiger partial charge in [0, 0.05) is 16.8 Å². The van der Waals surface area contributed by atoms with Crippen LogP contribution in [0.5, 0.6) is 0 Å². The van der Waals surface area contributed by atoms with E-state index in [1.165, 1.54) is 49.1 Å². The number of fused-ring (bicyclic) bond motifs is 5. The summed E-state index contributed by atoms with van der Waals surface area (Å²) in [4.78, 5) is 2.40. The first-order chi connectivity index (χ1) is 18.4. The van der Waals surface area contributed by atoms with E-state index in [1.807, 2.05) is 0 Å². The van der Waals surface area contributed by atoms with Crippen LogP contribution in [0.15, 0.2) is 152 Å². The molecular formula is C36H25N. The maximum Gasteiger partial charge on any atom is 0.0552 e. The highest BCUT2D eigenvalue weighted by atomic mass is 15.1. The molecule has 0 saturated heterocycles. The summed E-state index contributed by atoms with van der Waals surface area (Å²) in [6, 6.07) is 54.5.